The maximum atomic E-state index is 13.4. The summed E-state index contributed by atoms with van der Waals surface area (Å²) in [7, 11) is 0. The van der Waals surface area contributed by atoms with E-state index in [9.17, 15) is 22.4 Å². The Labute approximate surface area is 255 Å². The second kappa shape index (κ2) is 13.0. The predicted molar refractivity (Wildman–Crippen MR) is 155 cm³/mol. The molecular formula is C31H26F4N2O4SSe. The summed E-state index contributed by atoms with van der Waals surface area (Å²) in [5, 5.41) is 8.82. The first-order chi connectivity index (χ1) is 20.5. The van der Waals surface area contributed by atoms with Gasteiger partial charge in [0, 0.05) is 0 Å². The van der Waals surface area contributed by atoms with Crippen molar-refractivity contribution in [2.45, 2.75) is 42.6 Å². The molecule has 0 amide bonds. The quantitative estimate of drug-likeness (QED) is 0.103. The molecule has 0 aliphatic carbocycles. The second-order valence-electron chi connectivity index (χ2n) is 9.85. The normalized spacial score (nSPS) is 15.6. The number of aryl methyl sites for hydroxylation is 2. The Balaban J connectivity index is 1.43. The number of carbonyl (C=O) groups is 1. The zero-order chi connectivity index (χ0) is 30.7. The molecule has 4 aromatic rings. The molecule has 2 N–H and O–H groups in total. The number of ether oxygens (including phenoxy) is 1. The van der Waals surface area contributed by atoms with E-state index in [0.717, 1.165) is 42.9 Å². The van der Waals surface area contributed by atoms with Gasteiger partial charge in [0.2, 0.25) is 0 Å². The Bertz CT molecular complexity index is 1640. The Morgan fingerprint density at radius 1 is 1.12 bits per heavy atom. The number of halogens is 4. The van der Waals surface area contributed by atoms with Crippen LogP contribution in [-0.4, -0.2) is 37.2 Å². The van der Waals surface area contributed by atoms with Crippen molar-refractivity contribution in [3.63, 3.8) is 0 Å². The topological polar surface area (TPSA) is 80.7 Å². The number of rotatable bonds is 10. The number of alkyl halides is 3. The molecule has 0 radical (unpaired) electrons. The third-order valence-electron chi connectivity index (χ3n) is 6.65. The monoisotopic (exact) mass is 678 g/mol. The number of benzene rings is 3. The molecule has 5 rings (SSSR count). The Kier molecular flexibility index (Phi) is 9.31. The molecule has 2 heterocycles. The molecule has 0 saturated carbocycles. The maximum absolute atomic E-state index is 13.4. The van der Waals surface area contributed by atoms with Gasteiger partial charge in [0.25, 0.3) is 0 Å². The SMILES string of the molecule is Cc1cc(SC(CC2=CC(c3ccc(F)cc3)NO2)c2[se]c(-c3ccc(C(F)(F)F)cc3)nc2C)ccc1OCC(=O)O. The van der Waals surface area contributed by atoms with E-state index in [0.29, 0.717) is 23.5 Å². The van der Waals surface area contributed by atoms with Crippen molar-refractivity contribution < 1.29 is 37.0 Å². The molecule has 2 atom stereocenters. The zero-order valence-electron chi connectivity index (χ0n) is 22.9. The number of thioether (sulfide) groups is 1. The minimum absolute atomic E-state index is 0.124. The van der Waals surface area contributed by atoms with Gasteiger partial charge in [-0.05, 0) is 0 Å². The number of allylic oxidation sites excluding steroid dienone is 1. The molecule has 3 aromatic carbocycles. The summed E-state index contributed by atoms with van der Waals surface area (Å²) in [5.74, 6) is -0.216. The molecule has 1 aliphatic rings. The van der Waals surface area contributed by atoms with Crippen LogP contribution in [0.2, 0.25) is 0 Å². The number of aromatic nitrogens is 1. The van der Waals surface area contributed by atoms with E-state index in [1.807, 2.05) is 32.1 Å². The second-order valence-corrected chi connectivity index (χ2v) is 13.3. The van der Waals surface area contributed by atoms with Crippen molar-refractivity contribution in [3.05, 3.63) is 111 Å². The number of hydrogen-bond acceptors (Lipinski definition) is 6. The Hall–Kier alpha value is -3.57. The van der Waals surface area contributed by atoms with Gasteiger partial charge in [-0.25, -0.2) is 0 Å². The fourth-order valence-corrected chi connectivity index (χ4v) is 8.51. The van der Waals surface area contributed by atoms with E-state index in [1.54, 1.807) is 30.0 Å². The van der Waals surface area contributed by atoms with Crippen molar-refractivity contribution in [1.82, 2.24) is 10.5 Å². The number of nitrogens with zero attached hydrogens (tertiary/aromatic N) is 1. The van der Waals surface area contributed by atoms with Gasteiger partial charge in [-0.2, -0.15) is 0 Å². The van der Waals surface area contributed by atoms with Crippen LogP contribution in [0.4, 0.5) is 17.6 Å². The van der Waals surface area contributed by atoms with Crippen LogP contribution >= 0.6 is 11.8 Å². The van der Waals surface area contributed by atoms with Gasteiger partial charge >= 0.3 is 256 Å². The van der Waals surface area contributed by atoms with Crippen LogP contribution in [0.15, 0.2) is 83.5 Å². The van der Waals surface area contributed by atoms with E-state index in [1.165, 1.54) is 24.3 Å². The number of hydrogen-bond donors (Lipinski definition) is 2. The molecule has 1 aromatic heterocycles. The summed E-state index contributed by atoms with van der Waals surface area (Å²) in [4.78, 5) is 22.4. The van der Waals surface area contributed by atoms with E-state index < -0.39 is 24.3 Å². The summed E-state index contributed by atoms with van der Waals surface area (Å²) in [6.45, 7) is 3.30. The number of hydroxylamine groups is 1. The summed E-state index contributed by atoms with van der Waals surface area (Å²) < 4.78 is 59.9. The third-order valence-corrected chi connectivity index (χ3v) is 11.0. The van der Waals surface area contributed by atoms with Crippen molar-refractivity contribution in [3.8, 4) is 15.9 Å². The average Bonchev–Trinajstić information content (AvgIpc) is 3.59. The molecule has 0 saturated heterocycles. The summed E-state index contributed by atoms with van der Waals surface area (Å²) >= 11 is 1.33. The molecule has 224 valence electrons. The number of carboxylic acid groups (broad SMARTS) is 1. The molecule has 12 heteroatoms. The van der Waals surface area contributed by atoms with Gasteiger partial charge in [-0.3, -0.25) is 0 Å². The van der Waals surface area contributed by atoms with Crippen LogP contribution in [0.1, 0.15) is 44.5 Å². The van der Waals surface area contributed by atoms with Gasteiger partial charge in [0.05, 0.1) is 0 Å². The van der Waals surface area contributed by atoms with Crippen molar-refractivity contribution in [2.75, 3.05) is 6.61 Å². The number of aliphatic carboxylic acids is 1. The van der Waals surface area contributed by atoms with Crippen LogP contribution in [-0.2, 0) is 15.8 Å². The molecule has 6 nitrogen and oxygen atoms in total. The predicted octanol–water partition coefficient (Wildman–Crippen LogP) is 7.43. The van der Waals surface area contributed by atoms with E-state index in [-0.39, 0.29) is 31.6 Å². The van der Waals surface area contributed by atoms with Gasteiger partial charge in [-0.1, -0.05) is 0 Å². The van der Waals surface area contributed by atoms with Crippen LogP contribution in [0.5, 0.6) is 5.75 Å². The first-order valence-electron chi connectivity index (χ1n) is 13.1. The number of nitrogens with one attached hydrogen (secondary N) is 1. The molecule has 2 unspecified atom stereocenters. The standard InChI is InChI=1S/C31H26F4N2O4SSe/c1-17-13-24(11-12-26(17)40-16-28(38)39)42-27(15-23-14-25(37-41-23)19-5-9-22(32)10-6-19)29-18(2)36-30(43-29)20-3-7-21(8-4-20)31(33,34)35/h3-14,25,27,37H,15-16H2,1-2H3,(H,38,39). The van der Waals surface area contributed by atoms with Crippen molar-refractivity contribution in [1.29, 1.82) is 0 Å². The van der Waals surface area contributed by atoms with Crippen LogP contribution in [0.25, 0.3) is 10.1 Å². The van der Waals surface area contributed by atoms with Crippen LogP contribution in [0.3, 0.4) is 0 Å². The molecule has 1 aliphatic heterocycles. The summed E-state index contributed by atoms with van der Waals surface area (Å²) in [6, 6.07) is 16.5. The van der Waals surface area contributed by atoms with Crippen molar-refractivity contribution in [2.24, 2.45) is 0 Å². The minimum atomic E-state index is -4.41. The van der Waals surface area contributed by atoms with Crippen molar-refractivity contribution >= 4 is 32.2 Å². The Morgan fingerprint density at radius 3 is 2.49 bits per heavy atom. The fraction of sp³-hybridized carbons (Fsp3) is 0.226. The molecule has 0 bridgehead atoms. The average molecular weight is 678 g/mol. The van der Waals surface area contributed by atoms with Crippen LogP contribution in [0, 0.1) is 19.7 Å². The molecular weight excluding hydrogens is 651 g/mol. The van der Waals surface area contributed by atoms with Gasteiger partial charge in [0.15, 0.2) is 0 Å². The molecule has 0 fully saturated rings. The van der Waals surface area contributed by atoms with Gasteiger partial charge in [-0.15, -0.1) is 0 Å². The molecule has 0 spiro atoms. The van der Waals surface area contributed by atoms with E-state index in [4.69, 9.17) is 19.7 Å². The first kappa shape index (κ1) is 30.9. The zero-order valence-corrected chi connectivity index (χ0v) is 25.5. The first-order valence-corrected chi connectivity index (χ1v) is 15.7. The third kappa shape index (κ3) is 7.69. The van der Waals surface area contributed by atoms with Gasteiger partial charge < -0.3 is 0 Å². The van der Waals surface area contributed by atoms with E-state index >= 15 is 0 Å². The number of carboxylic acids is 1. The van der Waals surface area contributed by atoms with E-state index in [2.05, 4.69) is 5.48 Å². The van der Waals surface area contributed by atoms with Gasteiger partial charge in [0.1, 0.15) is 0 Å². The summed E-state index contributed by atoms with van der Waals surface area (Å²) in [5.41, 5.74) is 5.37. The summed E-state index contributed by atoms with van der Waals surface area (Å²) in [6.07, 6.45) is -1.97. The van der Waals surface area contributed by atoms with Crippen LogP contribution < -0.4 is 10.2 Å². The fourth-order valence-electron chi connectivity index (χ4n) is 4.50. The Morgan fingerprint density at radius 2 is 1.84 bits per heavy atom. The molecule has 43 heavy (non-hydrogen) atoms.